The molecule has 4 heterocycles. The molecule has 4 N–H and O–H groups in total. The van der Waals surface area contributed by atoms with Crippen LogP contribution in [-0.2, 0) is 19.2 Å². The zero-order valence-electron chi connectivity index (χ0n) is 17.7. The Hall–Kier alpha value is -3.83. The predicted octanol–water partition coefficient (Wildman–Crippen LogP) is -0.0320. The molecule has 0 aliphatic carbocycles. The zero-order chi connectivity index (χ0) is 24.4. The first kappa shape index (κ1) is 23.3. The van der Waals surface area contributed by atoms with Crippen molar-refractivity contribution < 1.29 is 29.1 Å². The lowest BCUT2D eigenvalue weighted by molar-refractivity contribution is -0.150. The molecular weight excluding hydrogens is 484 g/mol. The summed E-state index contributed by atoms with van der Waals surface area (Å²) < 4.78 is 0. The number of likely N-dealkylation sites (tertiary alicyclic amines) is 1. The van der Waals surface area contributed by atoms with Gasteiger partial charge < -0.3 is 21.0 Å². The number of aromatic nitrogens is 1. The summed E-state index contributed by atoms with van der Waals surface area (Å²) in [5, 5.41) is 17.0. The second-order valence-electron chi connectivity index (χ2n) is 7.16. The summed E-state index contributed by atoms with van der Waals surface area (Å²) in [6.45, 7) is 2.05. The maximum Gasteiger partial charge on any atom is 0.352 e. The van der Waals surface area contributed by atoms with Gasteiger partial charge in [-0.15, -0.1) is 23.1 Å². The highest BCUT2D eigenvalue weighted by Gasteiger charge is 2.54. The molecule has 2 fully saturated rings. The second-order valence-corrected chi connectivity index (χ2v) is 9.16. The monoisotopic (exact) mass is 502 g/mol. The van der Waals surface area contributed by atoms with Gasteiger partial charge >= 0.3 is 5.97 Å². The van der Waals surface area contributed by atoms with Crippen LogP contribution in [0, 0.1) is 12.0 Å². The van der Waals surface area contributed by atoms with Gasteiger partial charge in [0, 0.05) is 23.9 Å². The minimum Gasteiger partial charge on any atom is -0.477 e. The average Bonchev–Trinajstić information content (AvgIpc) is 3.37. The van der Waals surface area contributed by atoms with Crippen molar-refractivity contribution in [1.29, 1.82) is 0 Å². The summed E-state index contributed by atoms with van der Waals surface area (Å²) in [5.41, 5.74) is 6.07. The van der Waals surface area contributed by atoms with Gasteiger partial charge in [0.2, 0.25) is 0 Å². The number of carbonyl (C=O) groups excluding carboxylic acids is 3. The second kappa shape index (κ2) is 9.57. The molecule has 14 heteroatoms. The van der Waals surface area contributed by atoms with Crippen LogP contribution < -0.4 is 15.9 Å². The summed E-state index contributed by atoms with van der Waals surface area (Å²) >= 11 is 2.43. The Morgan fingerprint density at radius 3 is 2.91 bits per heavy atom. The number of anilines is 1. The number of carboxylic acids is 1. The highest BCUT2D eigenvalue weighted by Crippen LogP contribution is 2.41. The number of allylic oxidation sites excluding steroid dienone is 1. The van der Waals surface area contributed by atoms with Gasteiger partial charge in [-0.25, -0.2) is 4.79 Å². The Bertz CT molecular complexity index is 1230. The first-order chi connectivity index (χ1) is 16.3. The largest absolute Gasteiger partial charge is 0.477 e. The zero-order valence-corrected chi connectivity index (χ0v) is 19.3. The van der Waals surface area contributed by atoms with E-state index < -0.39 is 29.2 Å². The van der Waals surface area contributed by atoms with Crippen LogP contribution in [0.3, 0.4) is 0 Å². The highest BCUT2D eigenvalue weighted by molar-refractivity contribution is 8.00. The Morgan fingerprint density at radius 2 is 2.24 bits per heavy atom. The fourth-order valence-electron chi connectivity index (χ4n) is 3.59. The molecule has 3 amide bonds. The molecule has 0 bridgehead atoms. The van der Waals surface area contributed by atoms with Gasteiger partial charge in [-0.3, -0.25) is 24.2 Å². The van der Waals surface area contributed by atoms with Crippen molar-refractivity contribution in [3.05, 3.63) is 28.3 Å². The van der Waals surface area contributed by atoms with E-state index in [4.69, 9.17) is 10.6 Å². The standard InChI is InChI=1S/C20H18N6O6S2/c1-2-4-25-5-3-10(16(25)28)6-11-8-33-18-14(17(29)26(18)15(11)19(30)31)23-12(27)7-22-32-13-9-34-20(21)24-13/h6-7,9,14,18H,3,5,8H2,1H3,(H2,21,24)(H,23,27)(H,30,31)/b10-6+,22-7+. The smallest absolute Gasteiger partial charge is 0.352 e. The minimum atomic E-state index is -1.29. The van der Waals surface area contributed by atoms with Crippen LogP contribution in [0.15, 0.2) is 33.5 Å². The normalized spacial score (nSPS) is 23.0. The van der Waals surface area contributed by atoms with E-state index in [1.165, 1.54) is 28.1 Å². The van der Waals surface area contributed by atoms with Crippen molar-refractivity contribution in [3.63, 3.8) is 0 Å². The molecule has 4 rings (SSSR count). The third kappa shape index (κ3) is 4.47. The van der Waals surface area contributed by atoms with Crippen LogP contribution in [0.4, 0.5) is 5.13 Å². The van der Waals surface area contributed by atoms with E-state index in [2.05, 4.69) is 27.4 Å². The van der Waals surface area contributed by atoms with E-state index in [-0.39, 0.29) is 28.4 Å². The number of β-lactam (4-membered cyclic amide) rings is 1. The number of thioether (sulfide) groups is 1. The Balaban J connectivity index is 1.44. The first-order valence-electron chi connectivity index (χ1n) is 9.88. The molecular formula is C20H18N6O6S2. The number of amides is 3. The first-order valence-corrected chi connectivity index (χ1v) is 11.8. The van der Waals surface area contributed by atoms with Gasteiger partial charge in [0.1, 0.15) is 23.3 Å². The van der Waals surface area contributed by atoms with Gasteiger partial charge in [0.25, 0.3) is 23.6 Å². The average molecular weight is 503 g/mol. The number of oxime groups is 1. The topological polar surface area (TPSA) is 168 Å². The molecule has 3 aliphatic rings. The number of carboxylic acid groups (broad SMARTS) is 1. The van der Waals surface area contributed by atoms with E-state index in [9.17, 15) is 24.3 Å². The molecule has 2 unspecified atom stereocenters. The molecule has 0 aromatic carbocycles. The van der Waals surface area contributed by atoms with Crippen molar-refractivity contribution in [2.45, 2.75) is 24.8 Å². The molecule has 2 saturated heterocycles. The molecule has 12 nitrogen and oxygen atoms in total. The molecule has 2 atom stereocenters. The number of nitrogens with one attached hydrogen (secondary N) is 1. The number of thiazole rings is 1. The van der Waals surface area contributed by atoms with E-state index in [1.807, 2.05) is 0 Å². The lowest BCUT2D eigenvalue weighted by Crippen LogP contribution is -2.70. The molecule has 3 aliphatic heterocycles. The third-order valence-electron chi connectivity index (χ3n) is 5.04. The van der Waals surface area contributed by atoms with E-state index >= 15 is 0 Å². The van der Waals surface area contributed by atoms with Gasteiger partial charge in [-0.2, -0.15) is 4.98 Å². The van der Waals surface area contributed by atoms with Gasteiger partial charge in [0.15, 0.2) is 5.13 Å². The number of hydrogen-bond donors (Lipinski definition) is 3. The molecule has 0 radical (unpaired) electrons. The summed E-state index contributed by atoms with van der Waals surface area (Å²) in [7, 11) is 0. The number of nitrogens with two attached hydrogens (primary N) is 1. The van der Waals surface area contributed by atoms with Gasteiger partial charge in [0.05, 0.1) is 5.38 Å². The van der Waals surface area contributed by atoms with E-state index in [0.717, 1.165) is 22.5 Å². The quantitative estimate of drug-likeness (QED) is 0.159. The molecule has 34 heavy (non-hydrogen) atoms. The molecule has 176 valence electrons. The fraction of sp³-hybridized carbons (Fsp3) is 0.300. The van der Waals surface area contributed by atoms with Crippen LogP contribution >= 0.6 is 23.1 Å². The summed E-state index contributed by atoms with van der Waals surface area (Å²) in [4.78, 5) is 60.5. The summed E-state index contributed by atoms with van der Waals surface area (Å²) in [6.07, 6.45) is 2.81. The summed E-state index contributed by atoms with van der Waals surface area (Å²) in [5.74, 6) is 0.218. The molecule has 0 saturated carbocycles. The van der Waals surface area contributed by atoms with Crippen molar-refractivity contribution >= 4 is 58.1 Å². The van der Waals surface area contributed by atoms with E-state index in [1.54, 1.807) is 6.92 Å². The molecule has 0 spiro atoms. The number of rotatable bonds is 6. The van der Waals surface area contributed by atoms with Crippen molar-refractivity contribution in [2.75, 3.05) is 18.0 Å². The molecule has 1 aromatic heterocycles. The van der Waals surface area contributed by atoms with Crippen LogP contribution in [-0.4, -0.2) is 73.5 Å². The minimum absolute atomic E-state index is 0.128. The number of fused-ring (bicyclic) bond motifs is 1. The van der Waals surface area contributed by atoms with Crippen LogP contribution in [0.5, 0.6) is 5.88 Å². The van der Waals surface area contributed by atoms with Crippen LogP contribution in [0.2, 0.25) is 0 Å². The fourth-order valence-corrected chi connectivity index (χ4v) is 5.35. The lowest BCUT2D eigenvalue weighted by atomic mass is 10.0. The number of nitrogen functional groups attached to an aromatic ring is 1. The maximum absolute atomic E-state index is 12.7. The van der Waals surface area contributed by atoms with Gasteiger partial charge in [-0.05, 0) is 25.0 Å². The summed E-state index contributed by atoms with van der Waals surface area (Å²) in [6, 6.07) is 1.78. The Morgan fingerprint density at radius 1 is 1.44 bits per heavy atom. The van der Waals surface area contributed by atoms with Crippen LogP contribution in [0.25, 0.3) is 0 Å². The van der Waals surface area contributed by atoms with E-state index in [0.29, 0.717) is 24.1 Å². The van der Waals surface area contributed by atoms with Crippen molar-refractivity contribution in [2.24, 2.45) is 5.16 Å². The lowest BCUT2D eigenvalue weighted by Gasteiger charge is -2.49. The van der Waals surface area contributed by atoms with Crippen molar-refractivity contribution in [3.8, 4) is 17.8 Å². The molecule has 1 aromatic rings. The number of aliphatic carboxylic acids is 1. The number of nitrogens with zero attached hydrogens (tertiary/aromatic N) is 4. The van der Waals surface area contributed by atoms with Crippen molar-refractivity contribution in [1.82, 2.24) is 20.1 Å². The number of hydrogen-bond acceptors (Lipinski definition) is 10. The predicted molar refractivity (Wildman–Crippen MR) is 123 cm³/mol. The Kier molecular flexibility index (Phi) is 6.57. The third-order valence-corrected chi connectivity index (χ3v) is 6.99. The van der Waals surface area contributed by atoms with Crippen LogP contribution in [0.1, 0.15) is 13.3 Å². The van der Waals surface area contributed by atoms with Gasteiger partial charge in [-0.1, -0.05) is 11.1 Å². The highest BCUT2D eigenvalue weighted by atomic mass is 32.2. The maximum atomic E-state index is 12.7. The Labute approximate surface area is 201 Å². The number of carbonyl (C=O) groups is 4. The SMILES string of the molecule is CC#CN1CC/C(=C\C2=C(C(=O)O)N3C(=O)C(NC(=O)/C=N/Oc4csc(N)n4)C3SC2)C1=O.